The summed E-state index contributed by atoms with van der Waals surface area (Å²) >= 11 is 0. The third-order valence-corrected chi connectivity index (χ3v) is 2.73. The van der Waals surface area contributed by atoms with Crippen LogP contribution in [0.15, 0.2) is 0 Å². The van der Waals surface area contributed by atoms with Crippen LogP contribution in [0.25, 0.3) is 0 Å². The van der Waals surface area contributed by atoms with Crippen molar-refractivity contribution >= 4 is 0 Å². The molecule has 2 nitrogen and oxygen atoms in total. The van der Waals surface area contributed by atoms with E-state index in [1.165, 1.54) is 6.92 Å². The number of nitrogens with zero attached hydrogens (tertiary/aromatic N) is 1. The first-order valence-electron chi connectivity index (χ1n) is 5.71. The molecule has 0 rings (SSSR count). The second kappa shape index (κ2) is 8.82. The van der Waals surface area contributed by atoms with Gasteiger partial charge in [-0.2, -0.15) is 0 Å². The molecule has 0 aromatic rings. The van der Waals surface area contributed by atoms with Crippen molar-refractivity contribution in [3.63, 3.8) is 0 Å². The van der Waals surface area contributed by atoms with Crippen molar-refractivity contribution in [1.29, 1.82) is 0 Å². The van der Waals surface area contributed by atoms with Gasteiger partial charge in [-0.15, -0.1) is 0 Å². The summed E-state index contributed by atoms with van der Waals surface area (Å²) in [7, 11) is 3.58. The summed E-state index contributed by atoms with van der Waals surface area (Å²) in [6.45, 7) is 5.30. The van der Waals surface area contributed by atoms with E-state index in [0.29, 0.717) is 6.42 Å². The molecule has 0 radical (unpaired) electrons. The lowest BCUT2D eigenvalue weighted by molar-refractivity contribution is -0.0424. The maximum Gasteiger partial charge on any atom is 0.262 e. The molecule has 0 amide bonds. The maximum absolute atomic E-state index is 13.4. The fraction of sp³-hybridized carbons (Fsp3) is 1.00. The highest BCUT2D eigenvalue weighted by atomic mass is 19.3. The van der Waals surface area contributed by atoms with Crippen LogP contribution in [0.5, 0.6) is 0 Å². The predicted molar refractivity (Wildman–Crippen MR) is 65.1 cm³/mol. The quantitative estimate of drug-likeness (QED) is 0.706. The van der Waals surface area contributed by atoms with E-state index < -0.39 is 12.0 Å². The van der Waals surface area contributed by atoms with Gasteiger partial charge in [-0.3, -0.25) is 4.70 Å². The van der Waals surface area contributed by atoms with E-state index in [2.05, 4.69) is 17.1 Å². The molecule has 0 fully saturated rings. The van der Waals surface area contributed by atoms with Gasteiger partial charge in [0.1, 0.15) is 0 Å². The summed E-state index contributed by atoms with van der Waals surface area (Å²) in [5, 5.41) is 2.71. The van der Waals surface area contributed by atoms with Crippen molar-refractivity contribution in [2.45, 2.75) is 45.1 Å². The first-order chi connectivity index (χ1) is 6.97. The first-order valence-corrected chi connectivity index (χ1v) is 5.71. The number of halogens is 3. The summed E-state index contributed by atoms with van der Waals surface area (Å²) < 4.78 is 26.7. The SMILES string of the molecule is CCCN(C)CCC(NC)C(F)(F)CC.F.[HH]. The molecule has 0 saturated heterocycles. The summed E-state index contributed by atoms with van der Waals surface area (Å²) in [5.41, 5.74) is 0. The molecule has 0 aliphatic heterocycles. The molecule has 0 bridgehead atoms. The van der Waals surface area contributed by atoms with Crippen LogP contribution in [0.2, 0.25) is 0 Å². The van der Waals surface area contributed by atoms with Gasteiger partial charge in [-0.05, 0) is 40.0 Å². The normalized spacial score (nSPS) is 13.7. The molecule has 1 N–H and O–H groups in total. The van der Waals surface area contributed by atoms with E-state index in [1.54, 1.807) is 7.05 Å². The third-order valence-electron chi connectivity index (χ3n) is 2.73. The highest BCUT2D eigenvalue weighted by Crippen LogP contribution is 2.24. The van der Waals surface area contributed by atoms with Gasteiger partial charge in [0.25, 0.3) is 5.92 Å². The van der Waals surface area contributed by atoms with E-state index in [4.69, 9.17) is 0 Å². The molecule has 16 heavy (non-hydrogen) atoms. The average molecular weight is 244 g/mol. The van der Waals surface area contributed by atoms with Crippen molar-refractivity contribution in [2.24, 2.45) is 0 Å². The number of hydrogen-bond donors (Lipinski definition) is 1. The Morgan fingerprint density at radius 3 is 2.25 bits per heavy atom. The van der Waals surface area contributed by atoms with Gasteiger partial charge in [-0.1, -0.05) is 13.8 Å². The largest absolute Gasteiger partial charge is 0.312 e. The average Bonchev–Trinajstić information content (AvgIpc) is 2.19. The fourth-order valence-corrected chi connectivity index (χ4v) is 1.66. The third kappa shape index (κ3) is 6.33. The zero-order chi connectivity index (χ0) is 11.9. The minimum Gasteiger partial charge on any atom is -0.312 e. The van der Waals surface area contributed by atoms with Gasteiger partial charge in [0.15, 0.2) is 0 Å². The Labute approximate surface area is 98.2 Å². The second-order valence-electron chi connectivity index (χ2n) is 4.05. The van der Waals surface area contributed by atoms with Crippen LogP contribution in [0.4, 0.5) is 13.5 Å². The van der Waals surface area contributed by atoms with Crippen LogP contribution in [-0.4, -0.2) is 44.0 Å². The molecule has 0 aromatic heterocycles. The Balaban J connectivity index is -0.000000980. The molecule has 102 valence electrons. The zero-order valence-electron chi connectivity index (χ0n) is 10.7. The zero-order valence-corrected chi connectivity index (χ0v) is 10.7. The molecule has 0 saturated carbocycles. The van der Waals surface area contributed by atoms with E-state index in [1.807, 2.05) is 7.05 Å². The summed E-state index contributed by atoms with van der Waals surface area (Å²) in [5.74, 6) is -2.60. The minimum absolute atomic E-state index is 0. The lowest BCUT2D eigenvalue weighted by Crippen LogP contribution is -2.44. The first kappa shape index (κ1) is 18.1. The van der Waals surface area contributed by atoms with Gasteiger partial charge in [0, 0.05) is 7.85 Å². The van der Waals surface area contributed by atoms with Crippen molar-refractivity contribution in [3.05, 3.63) is 0 Å². The van der Waals surface area contributed by atoms with Gasteiger partial charge in [0.2, 0.25) is 0 Å². The molecular weight excluding hydrogens is 217 g/mol. The monoisotopic (exact) mass is 244 g/mol. The molecule has 1 atom stereocenters. The Hall–Kier alpha value is -0.290. The molecule has 0 spiro atoms. The predicted octanol–water partition coefficient (Wildman–Crippen LogP) is 2.75. The molecular formula is C11H27F3N2. The lowest BCUT2D eigenvalue weighted by atomic mass is 10.0. The van der Waals surface area contributed by atoms with Gasteiger partial charge in [0.05, 0.1) is 6.04 Å². The Morgan fingerprint density at radius 2 is 1.88 bits per heavy atom. The Morgan fingerprint density at radius 1 is 1.31 bits per heavy atom. The van der Waals surface area contributed by atoms with Crippen molar-refractivity contribution in [1.82, 2.24) is 10.2 Å². The summed E-state index contributed by atoms with van der Waals surface area (Å²) in [4.78, 5) is 2.09. The van der Waals surface area contributed by atoms with E-state index >= 15 is 0 Å². The Bertz CT molecular complexity index is 171. The van der Waals surface area contributed by atoms with E-state index in [0.717, 1.165) is 19.5 Å². The van der Waals surface area contributed by atoms with Crippen LogP contribution in [-0.2, 0) is 0 Å². The van der Waals surface area contributed by atoms with Crippen LogP contribution in [0, 0.1) is 0 Å². The highest BCUT2D eigenvalue weighted by molar-refractivity contribution is 4.81. The summed E-state index contributed by atoms with van der Waals surface area (Å²) in [6, 6.07) is -0.707. The van der Waals surface area contributed by atoms with Crippen LogP contribution < -0.4 is 5.32 Å². The second-order valence-corrected chi connectivity index (χ2v) is 4.05. The number of hydrogen-bond acceptors (Lipinski definition) is 2. The van der Waals surface area contributed by atoms with Crippen LogP contribution in [0.3, 0.4) is 0 Å². The maximum atomic E-state index is 13.4. The highest BCUT2D eigenvalue weighted by Gasteiger charge is 2.35. The number of nitrogens with one attached hydrogen (secondary N) is 1. The molecule has 0 aromatic carbocycles. The van der Waals surface area contributed by atoms with Gasteiger partial charge < -0.3 is 10.2 Å². The Kier molecular flexibility index (Phi) is 9.96. The van der Waals surface area contributed by atoms with Crippen LogP contribution >= 0.6 is 0 Å². The number of rotatable bonds is 8. The van der Waals surface area contributed by atoms with Gasteiger partial charge >= 0.3 is 0 Å². The van der Waals surface area contributed by atoms with Crippen molar-refractivity contribution in [3.8, 4) is 0 Å². The molecule has 0 heterocycles. The lowest BCUT2D eigenvalue weighted by Gasteiger charge is -2.27. The van der Waals surface area contributed by atoms with Gasteiger partial charge in [-0.25, -0.2) is 8.78 Å². The molecule has 0 aliphatic carbocycles. The molecule has 0 aliphatic rings. The molecule has 5 heteroatoms. The van der Waals surface area contributed by atoms with E-state index in [-0.39, 0.29) is 12.6 Å². The topological polar surface area (TPSA) is 15.3 Å². The smallest absolute Gasteiger partial charge is 0.262 e. The minimum atomic E-state index is -2.60. The fourth-order valence-electron chi connectivity index (χ4n) is 1.66. The van der Waals surface area contributed by atoms with Crippen LogP contribution in [0.1, 0.15) is 34.5 Å². The van der Waals surface area contributed by atoms with Crippen molar-refractivity contribution in [2.75, 3.05) is 27.2 Å². The van der Waals surface area contributed by atoms with E-state index in [9.17, 15) is 8.78 Å². The number of alkyl halides is 2. The summed E-state index contributed by atoms with van der Waals surface area (Å²) in [6.07, 6.45) is 1.45. The standard InChI is InChI=1S/C11H24F2N2.FH.H2/c1-5-8-15(4)9-7-10(14-3)11(12,13)6-2;;/h10,14H,5-9H2,1-4H3;2*1H. The van der Waals surface area contributed by atoms with Crippen molar-refractivity contribution < 1.29 is 14.9 Å². The molecule has 1 unspecified atom stereocenters.